The Balaban J connectivity index is 2.74. The van der Waals surface area contributed by atoms with Crippen LogP contribution in [0.2, 0.25) is 18.1 Å². The third kappa shape index (κ3) is 10.3. The number of aliphatic carboxylic acids is 1. The van der Waals surface area contributed by atoms with Gasteiger partial charge >= 0.3 is 5.97 Å². The molecule has 0 amide bonds. The van der Waals surface area contributed by atoms with Crippen LogP contribution in [0.3, 0.4) is 0 Å². The average molecular weight is 451 g/mol. The largest absolute Gasteiger partial charge is 0.481 e. The average Bonchev–Trinajstić information content (AvgIpc) is 3.01. The summed E-state index contributed by atoms with van der Waals surface area (Å²) in [5, 5.41) is 19.4. The van der Waals surface area contributed by atoms with E-state index in [1.807, 2.05) is 6.08 Å². The summed E-state index contributed by atoms with van der Waals surface area (Å²) >= 11 is 0. The Morgan fingerprint density at radius 2 is 1.87 bits per heavy atom. The van der Waals surface area contributed by atoms with Crippen molar-refractivity contribution in [2.75, 3.05) is 0 Å². The van der Waals surface area contributed by atoms with Crippen LogP contribution in [-0.4, -0.2) is 36.7 Å². The molecule has 1 rings (SSSR count). The van der Waals surface area contributed by atoms with Gasteiger partial charge in [-0.3, -0.25) is 4.79 Å². The van der Waals surface area contributed by atoms with Crippen molar-refractivity contribution in [3.8, 4) is 0 Å². The molecular formula is C26H46O4Si. The van der Waals surface area contributed by atoms with Crippen LogP contribution in [0.15, 0.2) is 36.5 Å². The van der Waals surface area contributed by atoms with Crippen LogP contribution in [0.4, 0.5) is 0 Å². The minimum Gasteiger partial charge on any atom is -0.481 e. The smallest absolute Gasteiger partial charge is 0.303 e. The molecule has 0 saturated heterocycles. The van der Waals surface area contributed by atoms with Gasteiger partial charge in [0.05, 0.1) is 12.2 Å². The first-order valence-electron chi connectivity index (χ1n) is 12.1. The molecule has 1 aliphatic carbocycles. The Morgan fingerprint density at radius 3 is 2.48 bits per heavy atom. The molecule has 0 aromatic heterocycles. The van der Waals surface area contributed by atoms with Gasteiger partial charge in [-0.15, -0.1) is 0 Å². The van der Waals surface area contributed by atoms with Gasteiger partial charge in [0, 0.05) is 12.3 Å². The van der Waals surface area contributed by atoms with Gasteiger partial charge in [-0.05, 0) is 49.7 Å². The molecular weight excluding hydrogens is 404 g/mol. The van der Waals surface area contributed by atoms with Crippen molar-refractivity contribution in [1.82, 2.24) is 0 Å². The van der Waals surface area contributed by atoms with Crippen molar-refractivity contribution < 1.29 is 19.4 Å². The number of aliphatic hydroxyl groups excluding tert-OH is 1. The van der Waals surface area contributed by atoms with Crippen molar-refractivity contribution >= 4 is 14.3 Å². The number of carboxylic acid groups (broad SMARTS) is 1. The Bertz CT molecular complexity index is 615. The third-order valence-corrected chi connectivity index (χ3v) is 11.2. The first-order valence-corrected chi connectivity index (χ1v) is 15.0. The molecule has 2 N–H and O–H groups in total. The molecule has 1 aliphatic rings. The fourth-order valence-electron chi connectivity index (χ4n) is 3.60. The monoisotopic (exact) mass is 450 g/mol. The van der Waals surface area contributed by atoms with Gasteiger partial charge in [-0.2, -0.15) is 0 Å². The number of allylic oxidation sites excluding steroid dienone is 3. The topological polar surface area (TPSA) is 66.8 Å². The maximum Gasteiger partial charge on any atom is 0.303 e. The van der Waals surface area contributed by atoms with Gasteiger partial charge < -0.3 is 14.6 Å². The first kappa shape index (κ1) is 27.9. The molecule has 0 saturated carbocycles. The van der Waals surface area contributed by atoms with E-state index in [1.165, 1.54) is 12.8 Å². The third-order valence-electron chi connectivity index (χ3n) is 6.67. The number of hydrogen-bond acceptors (Lipinski definition) is 3. The van der Waals surface area contributed by atoms with Gasteiger partial charge in [0.15, 0.2) is 8.32 Å². The summed E-state index contributed by atoms with van der Waals surface area (Å²) in [6.07, 6.45) is 19.4. The molecule has 4 nitrogen and oxygen atoms in total. The van der Waals surface area contributed by atoms with Crippen molar-refractivity contribution in [2.24, 2.45) is 11.8 Å². The van der Waals surface area contributed by atoms with Gasteiger partial charge in [0.1, 0.15) is 0 Å². The summed E-state index contributed by atoms with van der Waals surface area (Å²) in [5.41, 5.74) is 0. The van der Waals surface area contributed by atoms with E-state index in [1.54, 1.807) is 0 Å². The van der Waals surface area contributed by atoms with Crippen molar-refractivity contribution in [3.05, 3.63) is 36.5 Å². The van der Waals surface area contributed by atoms with Crippen LogP contribution < -0.4 is 0 Å². The van der Waals surface area contributed by atoms with E-state index in [-0.39, 0.29) is 29.4 Å². The SMILES string of the molecule is CCCCC[C@@H](/C=C/[C@@H]1[C@@H](C/C=C\CCCC(=O)O)C=C[C@@H]1O)O[Si](C)(C)C(C)(C)C. The van der Waals surface area contributed by atoms with Crippen molar-refractivity contribution in [3.63, 3.8) is 0 Å². The summed E-state index contributed by atoms with van der Waals surface area (Å²) in [4.78, 5) is 10.6. The fraction of sp³-hybridized carbons (Fsp3) is 0.731. The Hall–Kier alpha value is -1.17. The molecule has 0 fully saturated rings. The van der Waals surface area contributed by atoms with Crippen molar-refractivity contribution in [2.45, 2.75) is 109 Å². The highest BCUT2D eigenvalue weighted by Gasteiger charge is 2.38. The van der Waals surface area contributed by atoms with Crippen molar-refractivity contribution in [1.29, 1.82) is 0 Å². The number of hydrogen-bond donors (Lipinski definition) is 2. The Morgan fingerprint density at radius 1 is 1.16 bits per heavy atom. The lowest BCUT2D eigenvalue weighted by molar-refractivity contribution is -0.137. The maximum atomic E-state index is 10.6. The highest BCUT2D eigenvalue weighted by atomic mass is 28.4. The minimum atomic E-state index is -1.86. The van der Waals surface area contributed by atoms with E-state index in [0.29, 0.717) is 6.42 Å². The van der Waals surface area contributed by atoms with Crippen LogP contribution in [0.1, 0.15) is 79.1 Å². The molecule has 0 bridgehead atoms. The highest BCUT2D eigenvalue weighted by molar-refractivity contribution is 6.74. The molecule has 0 aromatic rings. The van der Waals surface area contributed by atoms with Gasteiger partial charge in [-0.25, -0.2) is 0 Å². The van der Waals surface area contributed by atoms with E-state index < -0.39 is 20.4 Å². The van der Waals surface area contributed by atoms with Crippen LogP contribution in [-0.2, 0) is 9.22 Å². The van der Waals surface area contributed by atoms with Gasteiger partial charge in [-0.1, -0.05) is 83.4 Å². The number of rotatable bonds is 14. The van der Waals surface area contributed by atoms with Crippen LogP contribution in [0.25, 0.3) is 0 Å². The zero-order valence-electron chi connectivity index (χ0n) is 20.6. The lowest BCUT2D eigenvalue weighted by Gasteiger charge is -2.39. The molecule has 0 spiro atoms. The molecule has 4 atom stereocenters. The molecule has 0 heterocycles. The van der Waals surface area contributed by atoms with Crippen LogP contribution in [0, 0.1) is 11.8 Å². The lowest BCUT2D eigenvalue weighted by atomic mass is 9.90. The van der Waals surface area contributed by atoms with Gasteiger partial charge in [0.25, 0.3) is 0 Å². The first-order chi connectivity index (χ1) is 14.5. The second-order valence-corrected chi connectivity index (χ2v) is 15.2. The molecule has 0 unspecified atom stereocenters. The number of aliphatic hydroxyl groups is 1. The zero-order chi connectivity index (χ0) is 23.5. The molecule has 0 aliphatic heterocycles. The molecule has 178 valence electrons. The summed E-state index contributed by atoms with van der Waals surface area (Å²) in [6.45, 7) is 13.6. The second-order valence-electron chi connectivity index (χ2n) is 10.4. The number of carboxylic acids is 1. The Labute approximate surface area is 191 Å². The summed E-state index contributed by atoms with van der Waals surface area (Å²) < 4.78 is 6.71. The van der Waals surface area contributed by atoms with Crippen LogP contribution in [0.5, 0.6) is 0 Å². The summed E-state index contributed by atoms with van der Waals surface area (Å²) in [7, 11) is -1.86. The normalized spacial score (nSPS) is 23.3. The van der Waals surface area contributed by atoms with Gasteiger partial charge in [0.2, 0.25) is 0 Å². The second kappa shape index (κ2) is 13.4. The number of carbonyl (C=O) groups is 1. The standard InChI is InChI=1S/C26H46O4Si/c1-7-8-11-15-22(30-31(5,6)26(2,3)4)18-19-23-21(17-20-24(23)27)14-12-9-10-13-16-25(28)29/h9,12,17-24,27H,7-8,10-11,13-16H2,1-6H3,(H,28,29)/b12-9-,19-18+/t21-,22-,23+,24-/m0/s1. The van der Waals surface area contributed by atoms with E-state index in [9.17, 15) is 9.90 Å². The van der Waals surface area contributed by atoms with E-state index in [2.05, 4.69) is 71.2 Å². The lowest BCUT2D eigenvalue weighted by Crippen LogP contribution is -2.43. The summed E-state index contributed by atoms with van der Waals surface area (Å²) in [5.74, 6) is -0.402. The zero-order valence-corrected chi connectivity index (χ0v) is 21.6. The minimum absolute atomic E-state index is 0.0698. The van der Waals surface area contributed by atoms with Crippen LogP contribution >= 0.6 is 0 Å². The molecule has 5 heteroatoms. The Kier molecular flexibility index (Phi) is 12.0. The molecule has 0 aromatic carbocycles. The van der Waals surface area contributed by atoms with E-state index >= 15 is 0 Å². The maximum absolute atomic E-state index is 10.6. The number of unbranched alkanes of at least 4 members (excludes halogenated alkanes) is 3. The summed E-state index contributed by atoms with van der Waals surface area (Å²) in [6, 6.07) is 0. The van der Waals surface area contributed by atoms with E-state index in [0.717, 1.165) is 25.7 Å². The quantitative estimate of drug-likeness (QED) is 0.172. The highest BCUT2D eigenvalue weighted by Crippen LogP contribution is 2.38. The predicted octanol–water partition coefficient (Wildman–Crippen LogP) is 6.88. The predicted molar refractivity (Wildman–Crippen MR) is 133 cm³/mol. The van der Waals surface area contributed by atoms with E-state index in [4.69, 9.17) is 9.53 Å². The molecule has 31 heavy (non-hydrogen) atoms. The fourth-order valence-corrected chi connectivity index (χ4v) is 4.91. The molecule has 0 radical (unpaired) electrons.